The molecule has 1 N–H and O–H groups in total. The van der Waals surface area contributed by atoms with Crippen LogP contribution in [0.4, 0.5) is 0 Å². The van der Waals surface area contributed by atoms with Gasteiger partial charge in [-0.2, -0.15) is 0 Å². The maximum absolute atomic E-state index is 11.9. The van der Waals surface area contributed by atoms with Crippen molar-refractivity contribution in [3.63, 3.8) is 0 Å². The van der Waals surface area contributed by atoms with Gasteiger partial charge in [-0.15, -0.1) is 24.0 Å². The number of imidazole rings is 1. The number of sulfonamides is 1. The summed E-state index contributed by atoms with van der Waals surface area (Å²) >= 11 is 0. The molecule has 0 aromatic carbocycles. The monoisotopic (exact) mass is 510 g/mol. The Morgan fingerprint density at radius 1 is 1.37 bits per heavy atom. The first-order valence-corrected chi connectivity index (χ1v) is 11.1. The smallest absolute Gasteiger partial charge is 0.214 e. The molecule has 0 amide bonds. The zero-order chi connectivity index (χ0) is 18.6. The van der Waals surface area contributed by atoms with Crippen molar-refractivity contribution in [2.24, 2.45) is 10.9 Å². The number of aliphatic imine (C=N–C) groups is 1. The maximum Gasteiger partial charge on any atom is 0.214 e. The first-order chi connectivity index (χ1) is 12.5. The lowest BCUT2D eigenvalue weighted by atomic mass is 9.93. The van der Waals surface area contributed by atoms with Crippen LogP contribution in [0.25, 0.3) is 0 Å². The maximum atomic E-state index is 11.9. The Balaban J connectivity index is 0.00000261. The second-order valence-corrected chi connectivity index (χ2v) is 9.18. The van der Waals surface area contributed by atoms with Gasteiger partial charge in [0.25, 0.3) is 0 Å². The molecule has 2 unspecified atom stereocenters. The van der Waals surface area contributed by atoms with Gasteiger partial charge in [-0.1, -0.05) is 6.92 Å². The molecular formula is C17H31IN6O2S. The van der Waals surface area contributed by atoms with E-state index < -0.39 is 10.0 Å². The third-order valence-corrected chi connectivity index (χ3v) is 7.23. The molecule has 3 rings (SSSR count). The van der Waals surface area contributed by atoms with Crippen LogP contribution in [0.1, 0.15) is 32.7 Å². The van der Waals surface area contributed by atoms with E-state index in [1.165, 1.54) is 0 Å². The van der Waals surface area contributed by atoms with Crippen LogP contribution >= 0.6 is 24.0 Å². The van der Waals surface area contributed by atoms with Gasteiger partial charge in [-0.25, -0.2) is 17.7 Å². The number of nitrogens with zero attached hydrogens (tertiary/aromatic N) is 5. The second kappa shape index (κ2) is 10.1. The molecule has 3 heterocycles. The predicted octanol–water partition coefficient (Wildman–Crippen LogP) is 1.39. The Morgan fingerprint density at radius 2 is 2.19 bits per heavy atom. The number of guanidine groups is 1. The van der Waals surface area contributed by atoms with Gasteiger partial charge >= 0.3 is 0 Å². The van der Waals surface area contributed by atoms with Crippen molar-refractivity contribution in [2.45, 2.75) is 32.7 Å². The molecule has 27 heavy (non-hydrogen) atoms. The minimum atomic E-state index is -3.05. The van der Waals surface area contributed by atoms with Gasteiger partial charge in [-0.05, 0) is 25.7 Å². The molecule has 8 nitrogen and oxygen atoms in total. The highest BCUT2D eigenvalue weighted by Crippen LogP contribution is 2.27. The summed E-state index contributed by atoms with van der Waals surface area (Å²) in [5.41, 5.74) is 0. The van der Waals surface area contributed by atoms with E-state index in [0.717, 1.165) is 38.4 Å². The highest BCUT2D eigenvalue weighted by atomic mass is 127. The Kier molecular flexibility index (Phi) is 8.35. The van der Waals surface area contributed by atoms with Crippen LogP contribution in [-0.4, -0.2) is 78.2 Å². The SMILES string of the molecule is CCNC(=NCCN1CCCS1(=O)=O)N1CCC(C)C(n2ccnc2)C1.I. The first kappa shape index (κ1) is 22.4. The van der Waals surface area contributed by atoms with Crippen molar-refractivity contribution in [3.05, 3.63) is 18.7 Å². The molecular weight excluding hydrogens is 479 g/mol. The van der Waals surface area contributed by atoms with Gasteiger partial charge in [0.2, 0.25) is 10.0 Å². The molecule has 0 aliphatic carbocycles. The van der Waals surface area contributed by atoms with E-state index in [1.807, 2.05) is 18.7 Å². The minimum absolute atomic E-state index is 0. The lowest BCUT2D eigenvalue weighted by Crippen LogP contribution is -2.49. The van der Waals surface area contributed by atoms with E-state index >= 15 is 0 Å². The van der Waals surface area contributed by atoms with Crippen molar-refractivity contribution in [2.75, 3.05) is 45.0 Å². The minimum Gasteiger partial charge on any atom is -0.357 e. The van der Waals surface area contributed by atoms with Crippen molar-refractivity contribution in [3.8, 4) is 0 Å². The highest BCUT2D eigenvalue weighted by Gasteiger charge is 2.30. The zero-order valence-electron chi connectivity index (χ0n) is 16.1. The van der Waals surface area contributed by atoms with Crippen molar-refractivity contribution in [1.29, 1.82) is 0 Å². The van der Waals surface area contributed by atoms with Crippen LogP contribution in [0.5, 0.6) is 0 Å². The summed E-state index contributed by atoms with van der Waals surface area (Å²) in [6.45, 7) is 8.55. The molecule has 0 spiro atoms. The Hall–Kier alpha value is -0.880. The summed E-state index contributed by atoms with van der Waals surface area (Å²) in [4.78, 5) is 11.2. The van der Waals surface area contributed by atoms with Crippen LogP contribution in [0.3, 0.4) is 0 Å². The van der Waals surface area contributed by atoms with Crippen LogP contribution in [0, 0.1) is 5.92 Å². The fourth-order valence-corrected chi connectivity index (χ4v) is 5.25. The molecule has 154 valence electrons. The highest BCUT2D eigenvalue weighted by molar-refractivity contribution is 14.0. The summed E-state index contributed by atoms with van der Waals surface area (Å²) in [5.74, 6) is 1.73. The molecule has 2 atom stereocenters. The Labute approximate surface area is 179 Å². The molecule has 2 saturated heterocycles. The number of likely N-dealkylation sites (tertiary alicyclic amines) is 1. The number of hydrogen-bond donors (Lipinski definition) is 1. The summed E-state index contributed by atoms with van der Waals surface area (Å²) in [5, 5.41) is 3.36. The topological polar surface area (TPSA) is 82.8 Å². The van der Waals surface area contributed by atoms with E-state index in [1.54, 1.807) is 4.31 Å². The molecule has 0 saturated carbocycles. The average molecular weight is 510 g/mol. The standard InChI is InChI=1S/C17H30N6O2S.HI/c1-3-19-17(20-7-11-23-8-4-12-26(23,24)25)21-9-5-15(2)16(13-21)22-10-6-18-14-22;/h6,10,14-16H,3-5,7-9,11-13H2,1-2H3,(H,19,20);1H. The molecule has 2 aliphatic rings. The molecule has 10 heteroatoms. The van der Waals surface area contributed by atoms with Gasteiger partial charge in [0.05, 0.1) is 24.7 Å². The van der Waals surface area contributed by atoms with Crippen molar-refractivity contribution >= 4 is 40.0 Å². The fraction of sp³-hybridized carbons (Fsp3) is 0.765. The number of aromatic nitrogens is 2. The predicted molar refractivity (Wildman–Crippen MR) is 118 cm³/mol. The zero-order valence-corrected chi connectivity index (χ0v) is 19.3. The van der Waals surface area contributed by atoms with E-state index in [0.29, 0.717) is 31.6 Å². The normalized spacial score (nSPS) is 26.0. The van der Waals surface area contributed by atoms with E-state index in [2.05, 4.69) is 33.6 Å². The molecule has 1 aromatic heterocycles. The van der Waals surface area contributed by atoms with E-state index in [9.17, 15) is 8.42 Å². The number of nitrogens with one attached hydrogen (secondary N) is 1. The Bertz CT molecular complexity index is 709. The lowest BCUT2D eigenvalue weighted by Gasteiger charge is -2.39. The quantitative estimate of drug-likeness (QED) is 0.368. The van der Waals surface area contributed by atoms with E-state index in [4.69, 9.17) is 4.99 Å². The van der Waals surface area contributed by atoms with Gasteiger partial charge in [0.15, 0.2) is 5.96 Å². The van der Waals surface area contributed by atoms with E-state index in [-0.39, 0.29) is 29.7 Å². The van der Waals surface area contributed by atoms with Crippen molar-refractivity contribution in [1.82, 2.24) is 24.1 Å². The van der Waals surface area contributed by atoms with Gasteiger partial charge < -0.3 is 14.8 Å². The van der Waals surface area contributed by atoms with Crippen LogP contribution in [0.15, 0.2) is 23.7 Å². The summed E-state index contributed by atoms with van der Waals surface area (Å²) in [6.07, 6.45) is 7.54. The third kappa shape index (κ3) is 5.57. The molecule has 2 aliphatic heterocycles. The number of rotatable bonds is 5. The van der Waals surface area contributed by atoms with Crippen LogP contribution in [0.2, 0.25) is 0 Å². The number of hydrogen-bond acceptors (Lipinski definition) is 4. The molecule has 0 bridgehead atoms. The van der Waals surface area contributed by atoms with Crippen molar-refractivity contribution < 1.29 is 8.42 Å². The largest absolute Gasteiger partial charge is 0.357 e. The fourth-order valence-electron chi connectivity index (χ4n) is 3.73. The molecule has 2 fully saturated rings. The van der Waals surface area contributed by atoms with Crippen LogP contribution < -0.4 is 5.32 Å². The van der Waals surface area contributed by atoms with Gasteiger partial charge in [0.1, 0.15) is 0 Å². The van der Waals surface area contributed by atoms with Crippen LogP contribution in [-0.2, 0) is 10.0 Å². The third-order valence-electron chi connectivity index (χ3n) is 5.28. The number of halogens is 1. The lowest BCUT2D eigenvalue weighted by molar-refractivity contribution is 0.189. The molecule has 1 aromatic rings. The number of piperidine rings is 1. The molecule has 0 radical (unpaired) electrons. The second-order valence-electron chi connectivity index (χ2n) is 7.09. The summed E-state index contributed by atoms with van der Waals surface area (Å²) in [7, 11) is -3.05. The van der Waals surface area contributed by atoms with Gasteiger partial charge in [-0.3, -0.25) is 4.99 Å². The van der Waals surface area contributed by atoms with Gasteiger partial charge in [0, 0.05) is 45.1 Å². The first-order valence-electron chi connectivity index (χ1n) is 9.50. The average Bonchev–Trinajstić information content (AvgIpc) is 3.25. The summed E-state index contributed by atoms with van der Waals surface area (Å²) < 4.78 is 27.6. The summed E-state index contributed by atoms with van der Waals surface area (Å²) in [6, 6.07) is 0.370. The Morgan fingerprint density at radius 3 is 2.81 bits per heavy atom.